The average molecular weight is 504 g/mol. The molecule has 0 aliphatic carbocycles. The van der Waals surface area contributed by atoms with E-state index in [0.717, 1.165) is 21.3 Å². The SMILES string of the molecule is CC(C)(C)NC(=O)c1ccc(C2=NN(C(=O)c3ccc(Br)cc3)C(c3ccccc3)C2)cc1. The van der Waals surface area contributed by atoms with E-state index in [4.69, 9.17) is 5.10 Å². The summed E-state index contributed by atoms with van der Waals surface area (Å²) in [4.78, 5) is 25.8. The van der Waals surface area contributed by atoms with Crippen molar-refractivity contribution in [1.82, 2.24) is 10.3 Å². The summed E-state index contributed by atoms with van der Waals surface area (Å²) in [5.74, 6) is -0.260. The van der Waals surface area contributed by atoms with Crippen LogP contribution >= 0.6 is 15.9 Å². The Morgan fingerprint density at radius 2 is 1.52 bits per heavy atom. The van der Waals surface area contributed by atoms with Crippen LogP contribution in [0.25, 0.3) is 0 Å². The fraction of sp³-hybridized carbons (Fsp3) is 0.222. The van der Waals surface area contributed by atoms with Gasteiger partial charge in [-0.15, -0.1) is 0 Å². The van der Waals surface area contributed by atoms with E-state index in [1.807, 2.05) is 75.4 Å². The highest BCUT2D eigenvalue weighted by molar-refractivity contribution is 9.10. The summed E-state index contributed by atoms with van der Waals surface area (Å²) in [6, 6.07) is 24.4. The van der Waals surface area contributed by atoms with E-state index in [1.165, 1.54) is 0 Å². The Labute approximate surface area is 202 Å². The molecule has 1 heterocycles. The lowest BCUT2D eigenvalue weighted by Gasteiger charge is -2.22. The molecule has 1 aliphatic heterocycles. The third-order valence-corrected chi connectivity index (χ3v) is 5.89. The molecule has 0 fully saturated rings. The summed E-state index contributed by atoms with van der Waals surface area (Å²) in [6.07, 6.45) is 0.597. The molecule has 33 heavy (non-hydrogen) atoms. The van der Waals surface area contributed by atoms with Gasteiger partial charge in [-0.25, -0.2) is 5.01 Å². The number of hydrazone groups is 1. The highest BCUT2D eigenvalue weighted by Gasteiger charge is 2.33. The van der Waals surface area contributed by atoms with Gasteiger partial charge in [0.05, 0.1) is 11.8 Å². The molecule has 1 N–H and O–H groups in total. The number of rotatable bonds is 4. The van der Waals surface area contributed by atoms with E-state index < -0.39 is 0 Å². The van der Waals surface area contributed by atoms with Crippen molar-refractivity contribution in [2.75, 3.05) is 0 Å². The molecule has 3 aromatic carbocycles. The van der Waals surface area contributed by atoms with Crippen molar-refractivity contribution in [3.8, 4) is 0 Å². The van der Waals surface area contributed by atoms with Crippen LogP contribution in [0.5, 0.6) is 0 Å². The number of amides is 2. The van der Waals surface area contributed by atoms with Gasteiger partial charge in [0.15, 0.2) is 0 Å². The van der Waals surface area contributed by atoms with Gasteiger partial charge in [0.25, 0.3) is 11.8 Å². The van der Waals surface area contributed by atoms with Gasteiger partial charge in [0.2, 0.25) is 0 Å². The van der Waals surface area contributed by atoms with Gasteiger partial charge in [-0.3, -0.25) is 9.59 Å². The van der Waals surface area contributed by atoms with E-state index in [1.54, 1.807) is 29.3 Å². The molecule has 4 rings (SSSR count). The Balaban J connectivity index is 1.63. The van der Waals surface area contributed by atoms with E-state index >= 15 is 0 Å². The number of carbonyl (C=O) groups excluding carboxylic acids is 2. The van der Waals surface area contributed by atoms with Crippen LogP contribution in [0.2, 0.25) is 0 Å². The Bertz CT molecular complexity index is 1180. The zero-order valence-corrected chi connectivity index (χ0v) is 20.5. The van der Waals surface area contributed by atoms with Crippen molar-refractivity contribution in [2.45, 2.75) is 38.8 Å². The minimum Gasteiger partial charge on any atom is -0.347 e. The van der Waals surface area contributed by atoms with Gasteiger partial charge in [0.1, 0.15) is 0 Å². The third-order valence-electron chi connectivity index (χ3n) is 5.36. The first-order valence-electron chi connectivity index (χ1n) is 10.9. The first-order valence-corrected chi connectivity index (χ1v) is 11.6. The molecule has 0 spiro atoms. The lowest BCUT2D eigenvalue weighted by Crippen LogP contribution is -2.40. The molecule has 1 unspecified atom stereocenters. The van der Waals surface area contributed by atoms with E-state index in [0.29, 0.717) is 17.5 Å². The van der Waals surface area contributed by atoms with E-state index in [2.05, 4.69) is 21.2 Å². The molecule has 3 aromatic rings. The number of hydrogen-bond donors (Lipinski definition) is 1. The Morgan fingerprint density at radius 3 is 2.12 bits per heavy atom. The standard InChI is InChI=1S/C27H26BrN3O2/c1-27(2,3)29-25(32)20-11-9-18(10-12-20)23-17-24(19-7-5-4-6-8-19)31(30-23)26(33)21-13-15-22(28)16-14-21/h4-16,24H,17H2,1-3H3,(H,29,32). The van der Waals surface area contributed by atoms with Gasteiger partial charge in [-0.2, -0.15) is 5.10 Å². The molecule has 0 aromatic heterocycles. The molecule has 0 saturated heterocycles. The van der Waals surface area contributed by atoms with Crippen LogP contribution in [-0.4, -0.2) is 28.1 Å². The van der Waals surface area contributed by atoms with Crippen molar-refractivity contribution < 1.29 is 9.59 Å². The van der Waals surface area contributed by atoms with Crippen molar-refractivity contribution in [3.63, 3.8) is 0 Å². The first-order chi connectivity index (χ1) is 15.7. The van der Waals surface area contributed by atoms with Crippen LogP contribution in [0.4, 0.5) is 0 Å². The minimum absolute atomic E-state index is 0.114. The molecule has 168 valence electrons. The molecule has 5 nitrogen and oxygen atoms in total. The van der Waals surface area contributed by atoms with E-state index in [9.17, 15) is 9.59 Å². The number of halogens is 1. The van der Waals surface area contributed by atoms with Crippen LogP contribution in [-0.2, 0) is 0 Å². The molecular formula is C27H26BrN3O2. The predicted octanol–water partition coefficient (Wildman–Crippen LogP) is 5.97. The number of nitrogens with one attached hydrogen (secondary N) is 1. The van der Waals surface area contributed by atoms with Crippen LogP contribution < -0.4 is 5.32 Å². The highest BCUT2D eigenvalue weighted by atomic mass is 79.9. The van der Waals surface area contributed by atoms with Gasteiger partial charge >= 0.3 is 0 Å². The lowest BCUT2D eigenvalue weighted by molar-refractivity contribution is 0.0711. The lowest BCUT2D eigenvalue weighted by atomic mass is 9.97. The molecule has 0 radical (unpaired) electrons. The van der Waals surface area contributed by atoms with Crippen molar-refractivity contribution >= 4 is 33.5 Å². The quantitative estimate of drug-likeness (QED) is 0.476. The van der Waals surface area contributed by atoms with Crippen LogP contribution in [0.15, 0.2) is 88.4 Å². The average Bonchev–Trinajstić information content (AvgIpc) is 3.24. The smallest absolute Gasteiger partial charge is 0.274 e. The number of carbonyl (C=O) groups is 2. The molecule has 6 heteroatoms. The number of benzene rings is 3. The maximum absolute atomic E-state index is 13.3. The second-order valence-electron chi connectivity index (χ2n) is 9.12. The fourth-order valence-corrected chi connectivity index (χ4v) is 4.02. The first kappa shape index (κ1) is 22.9. The summed E-state index contributed by atoms with van der Waals surface area (Å²) in [5, 5.41) is 9.29. The maximum atomic E-state index is 13.3. The van der Waals surface area contributed by atoms with Crippen molar-refractivity contribution in [3.05, 3.63) is 106 Å². The van der Waals surface area contributed by atoms with Gasteiger partial charge < -0.3 is 5.32 Å². The molecule has 0 saturated carbocycles. The van der Waals surface area contributed by atoms with Crippen molar-refractivity contribution in [1.29, 1.82) is 0 Å². The molecular weight excluding hydrogens is 478 g/mol. The van der Waals surface area contributed by atoms with Crippen molar-refractivity contribution in [2.24, 2.45) is 5.10 Å². The zero-order chi connectivity index (χ0) is 23.6. The molecule has 1 aliphatic rings. The normalized spacial score (nSPS) is 15.8. The summed E-state index contributed by atoms with van der Waals surface area (Å²) in [6.45, 7) is 5.86. The van der Waals surface area contributed by atoms with E-state index in [-0.39, 0.29) is 23.4 Å². The van der Waals surface area contributed by atoms with Crippen LogP contribution in [0, 0.1) is 0 Å². The largest absolute Gasteiger partial charge is 0.347 e. The molecule has 1 atom stereocenters. The van der Waals surface area contributed by atoms with Crippen LogP contribution in [0.1, 0.15) is 65.1 Å². The predicted molar refractivity (Wildman–Crippen MR) is 134 cm³/mol. The van der Waals surface area contributed by atoms with Gasteiger partial charge in [0, 0.05) is 27.6 Å². The zero-order valence-electron chi connectivity index (χ0n) is 18.9. The Kier molecular flexibility index (Phi) is 6.47. The summed E-state index contributed by atoms with van der Waals surface area (Å²) >= 11 is 3.42. The number of nitrogens with zero attached hydrogens (tertiary/aromatic N) is 2. The topological polar surface area (TPSA) is 61.8 Å². The highest BCUT2D eigenvalue weighted by Crippen LogP contribution is 2.34. The second kappa shape index (κ2) is 9.32. The van der Waals surface area contributed by atoms with Gasteiger partial charge in [-0.1, -0.05) is 58.4 Å². The Morgan fingerprint density at radius 1 is 0.909 bits per heavy atom. The molecule has 2 amide bonds. The minimum atomic E-state index is -0.303. The summed E-state index contributed by atoms with van der Waals surface area (Å²) in [7, 11) is 0. The Hall–Kier alpha value is -3.25. The number of hydrogen-bond acceptors (Lipinski definition) is 3. The second-order valence-corrected chi connectivity index (χ2v) is 10.0. The fourth-order valence-electron chi connectivity index (χ4n) is 3.76. The van der Waals surface area contributed by atoms with Gasteiger partial charge in [-0.05, 0) is 68.3 Å². The monoisotopic (exact) mass is 503 g/mol. The third kappa shape index (κ3) is 5.40. The van der Waals surface area contributed by atoms with Crippen LogP contribution in [0.3, 0.4) is 0 Å². The summed E-state index contributed by atoms with van der Waals surface area (Å²) < 4.78 is 0.917. The molecule has 0 bridgehead atoms. The maximum Gasteiger partial charge on any atom is 0.274 e. The summed E-state index contributed by atoms with van der Waals surface area (Å²) in [5.41, 5.74) is 3.62.